The van der Waals surface area contributed by atoms with E-state index in [4.69, 9.17) is 26.6 Å². The third kappa shape index (κ3) is 3.88. The largest absolute Gasteiger partial charge is 0.465 e. The molecule has 0 radical (unpaired) electrons. The minimum atomic E-state index is -0.989. The third-order valence-electron chi connectivity index (χ3n) is 3.83. The van der Waals surface area contributed by atoms with Gasteiger partial charge in [-0.15, -0.1) is 0 Å². The van der Waals surface area contributed by atoms with Crippen LogP contribution in [0.5, 0.6) is 0 Å². The number of carbonyl (C=O) groups is 1. The molecule has 1 aromatic carbocycles. The topological polar surface area (TPSA) is 70.0 Å². The Bertz CT molecular complexity index is 528. The van der Waals surface area contributed by atoms with Crippen LogP contribution in [0.1, 0.15) is 24.5 Å². The predicted octanol–water partition coefficient (Wildman–Crippen LogP) is 2.92. The Morgan fingerprint density at radius 3 is 3.00 bits per heavy atom. The number of carboxylic acid groups (broad SMARTS) is 1. The fraction of sp³-hybridized carbons (Fsp3) is 0.533. The summed E-state index contributed by atoms with van der Waals surface area (Å²) in [5.41, 5.74) is 0.304. The molecule has 1 aromatic rings. The number of hydrogen-bond donors (Lipinski definition) is 2. The molecule has 0 aromatic heterocycles. The average molecular weight is 332 g/mol. The maximum absolute atomic E-state index is 14.3. The molecule has 0 spiro atoms. The molecule has 1 heterocycles. The van der Waals surface area contributed by atoms with E-state index >= 15 is 0 Å². The van der Waals surface area contributed by atoms with E-state index in [1.165, 1.54) is 11.0 Å². The Balaban J connectivity index is 2.25. The second-order valence-corrected chi connectivity index (χ2v) is 5.70. The number of aliphatic hydroxyl groups is 1. The number of rotatable bonds is 5. The molecule has 22 heavy (non-hydrogen) atoms. The van der Waals surface area contributed by atoms with E-state index in [2.05, 4.69) is 0 Å². The van der Waals surface area contributed by atoms with Crippen LogP contribution < -0.4 is 0 Å². The van der Waals surface area contributed by atoms with Crippen LogP contribution in [0.25, 0.3) is 0 Å². The van der Waals surface area contributed by atoms with Gasteiger partial charge in [-0.3, -0.25) is 0 Å². The normalized spacial score (nSPS) is 20.0. The molecule has 122 valence electrons. The summed E-state index contributed by atoms with van der Waals surface area (Å²) in [7, 11) is 0. The Morgan fingerprint density at radius 1 is 1.55 bits per heavy atom. The van der Waals surface area contributed by atoms with Crippen LogP contribution in [0.4, 0.5) is 9.18 Å². The average Bonchev–Trinajstić information content (AvgIpc) is 2.52. The Labute approximate surface area is 133 Å². The number of amides is 1. The molecule has 1 aliphatic heterocycles. The van der Waals surface area contributed by atoms with Gasteiger partial charge in [0.05, 0.1) is 24.3 Å². The summed E-state index contributed by atoms with van der Waals surface area (Å²) in [5.74, 6) is -0.732. The van der Waals surface area contributed by atoms with Gasteiger partial charge < -0.3 is 19.8 Å². The van der Waals surface area contributed by atoms with Gasteiger partial charge in [-0.1, -0.05) is 23.7 Å². The quantitative estimate of drug-likeness (QED) is 0.870. The van der Waals surface area contributed by atoms with Gasteiger partial charge in [0.1, 0.15) is 5.82 Å². The predicted molar refractivity (Wildman–Crippen MR) is 79.5 cm³/mol. The molecule has 2 atom stereocenters. The lowest BCUT2D eigenvalue weighted by atomic mass is 9.88. The number of nitrogens with zero attached hydrogens (tertiary/aromatic N) is 1. The van der Waals surface area contributed by atoms with Gasteiger partial charge >= 0.3 is 6.09 Å². The summed E-state index contributed by atoms with van der Waals surface area (Å²) >= 11 is 5.83. The highest BCUT2D eigenvalue weighted by atomic mass is 35.5. The summed E-state index contributed by atoms with van der Waals surface area (Å²) < 4.78 is 19.9. The van der Waals surface area contributed by atoms with Gasteiger partial charge in [0.25, 0.3) is 0 Å². The molecular formula is C15H19ClFNO4. The number of piperidine rings is 1. The van der Waals surface area contributed by atoms with Crippen LogP contribution in [0, 0.1) is 11.7 Å². The van der Waals surface area contributed by atoms with Crippen LogP contribution in [-0.4, -0.2) is 47.5 Å². The first kappa shape index (κ1) is 17.0. The SMILES string of the molecule is O=C(O)N1CCCC(C(OCCO)c2cccc(Cl)c2F)C1. The molecule has 1 aliphatic rings. The molecule has 0 saturated carbocycles. The first-order chi connectivity index (χ1) is 10.5. The van der Waals surface area contributed by atoms with Gasteiger partial charge in [-0.05, 0) is 18.9 Å². The maximum Gasteiger partial charge on any atom is 0.407 e. The lowest BCUT2D eigenvalue weighted by Gasteiger charge is -2.35. The van der Waals surface area contributed by atoms with Gasteiger partial charge in [0.2, 0.25) is 0 Å². The molecular weight excluding hydrogens is 313 g/mol. The second-order valence-electron chi connectivity index (χ2n) is 5.29. The van der Waals surface area contributed by atoms with E-state index in [9.17, 15) is 9.18 Å². The van der Waals surface area contributed by atoms with Crippen molar-refractivity contribution >= 4 is 17.7 Å². The molecule has 2 unspecified atom stereocenters. The molecule has 5 nitrogen and oxygen atoms in total. The van der Waals surface area contributed by atoms with Crippen molar-refractivity contribution in [3.63, 3.8) is 0 Å². The molecule has 7 heteroatoms. The fourth-order valence-corrected chi connectivity index (χ4v) is 3.01. The van der Waals surface area contributed by atoms with E-state index < -0.39 is 18.0 Å². The van der Waals surface area contributed by atoms with Gasteiger partial charge in [0.15, 0.2) is 0 Å². The lowest BCUT2D eigenvalue weighted by Crippen LogP contribution is -2.41. The first-order valence-corrected chi connectivity index (χ1v) is 7.56. The zero-order valence-electron chi connectivity index (χ0n) is 12.0. The summed E-state index contributed by atoms with van der Waals surface area (Å²) in [6.07, 6.45) is -0.200. The van der Waals surface area contributed by atoms with Crippen molar-refractivity contribution in [1.29, 1.82) is 0 Å². The van der Waals surface area contributed by atoms with Crippen molar-refractivity contribution in [3.05, 3.63) is 34.6 Å². The Kier molecular flexibility index (Phi) is 5.99. The van der Waals surface area contributed by atoms with Gasteiger partial charge in [0, 0.05) is 24.6 Å². The van der Waals surface area contributed by atoms with E-state index in [1.807, 2.05) is 0 Å². The van der Waals surface area contributed by atoms with Gasteiger partial charge in [-0.25, -0.2) is 9.18 Å². The number of benzene rings is 1. The summed E-state index contributed by atoms with van der Waals surface area (Å²) in [4.78, 5) is 12.5. The molecule has 0 aliphatic carbocycles. The molecule has 2 N–H and O–H groups in total. The minimum Gasteiger partial charge on any atom is -0.465 e. The van der Waals surface area contributed by atoms with E-state index in [1.54, 1.807) is 12.1 Å². The van der Waals surface area contributed by atoms with Crippen LogP contribution in [0.3, 0.4) is 0 Å². The highest BCUT2D eigenvalue weighted by Crippen LogP contribution is 2.35. The van der Waals surface area contributed by atoms with Crippen molar-refractivity contribution < 1.29 is 24.1 Å². The zero-order chi connectivity index (χ0) is 16.1. The molecule has 1 fully saturated rings. The summed E-state index contributed by atoms with van der Waals surface area (Å²) in [6, 6.07) is 4.67. The van der Waals surface area contributed by atoms with E-state index in [-0.39, 0.29) is 30.7 Å². The highest BCUT2D eigenvalue weighted by molar-refractivity contribution is 6.30. The standard InChI is InChI=1S/C15H19ClFNO4/c16-12-5-1-4-11(13(12)17)14(22-8-7-19)10-3-2-6-18(9-10)15(20)21/h1,4-5,10,14,19H,2-3,6-9H2,(H,20,21). The highest BCUT2D eigenvalue weighted by Gasteiger charge is 2.32. The Morgan fingerprint density at radius 2 is 2.32 bits per heavy atom. The molecule has 1 amide bonds. The van der Waals surface area contributed by atoms with Crippen LogP contribution in [0.2, 0.25) is 5.02 Å². The summed E-state index contributed by atoms with van der Waals surface area (Å²) in [6.45, 7) is 0.613. The molecule has 1 saturated heterocycles. The lowest BCUT2D eigenvalue weighted by molar-refractivity contribution is -0.0279. The van der Waals surface area contributed by atoms with Crippen molar-refractivity contribution in [2.24, 2.45) is 5.92 Å². The van der Waals surface area contributed by atoms with Crippen molar-refractivity contribution in [2.75, 3.05) is 26.3 Å². The van der Waals surface area contributed by atoms with E-state index in [0.29, 0.717) is 18.5 Å². The second kappa shape index (κ2) is 7.76. The monoisotopic (exact) mass is 331 g/mol. The third-order valence-corrected chi connectivity index (χ3v) is 4.13. The van der Waals surface area contributed by atoms with Crippen LogP contribution in [-0.2, 0) is 4.74 Å². The smallest absolute Gasteiger partial charge is 0.407 e. The summed E-state index contributed by atoms with van der Waals surface area (Å²) in [5, 5.41) is 18.1. The van der Waals surface area contributed by atoms with Crippen LogP contribution in [0.15, 0.2) is 18.2 Å². The first-order valence-electron chi connectivity index (χ1n) is 7.18. The number of ether oxygens (including phenoxy) is 1. The maximum atomic E-state index is 14.3. The molecule has 0 bridgehead atoms. The van der Waals surface area contributed by atoms with Crippen molar-refractivity contribution in [3.8, 4) is 0 Å². The number of halogens is 2. The fourth-order valence-electron chi connectivity index (χ4n) is 2.83. The van der Waals surface area contributed by atoms with Crippen molar-refractivity contribution in [2.45, 2.75) is 18.9 Å². The minimum absolute atomic E-state index is 0.000925. The zero-order valence-corrected chi connectivity index (χ0v) is 12.8. The van der Waals surface area contributed by atoms with Gasteiger partial charge in [-0.2, -0.15) is 0 Å². The van der Waals surface area contributed by atoms with Crippen LogP contribution >= 0.6 is 11.6 Å². The van der Waals surface area contributed by atoms with E-state index in [0.717, 1.165) is 6.42 Å². The number of aliphatic hydroxyl groups excluding tert-OH is 1. The molecule has 2 rings (SSSR count). The Hall–Kier alpha value is -1.37. The number of hydrogen-bond acceptors (Lipinski definition) is 3. The number of likely N-dealkylation sites (tertiary alicyclic amines) is 1. The van der Waals surface area contributed by atoms with Crippen molar-refractivity contribution in [1.82, 2.24) is 4.90 Å².